The summed E-state index contributed by atoms with van der Waals surface area (Å²) in [4.78, 5) is 15.4. The standard InChI is InChI=1S/C32H33NO4/c34-28-16-19-33-27(23-35-20-24-10-4-1-5-11-24)29(36-21-25-12-6-2-7-13-25)30(31(33)32(28)17-18-32)37-22-26-14-8-3-9-15-26/h1-16,19,27,29-31H,17-18,20-23H2/t27-,29-,30+,31+/m1/s1. The van der Waals surface area contributed by atoms with Crippen molar-refractivity contribution in [1.29, 1.82) is 0 Å². The summed E-state index contributed by atoms with van der Waals surface area (Å²) in [6.07, 6.45) is 5.01. The van der Waals surface area contributed by atoms with Gasteiger partial charge in [-0.25, -0.2) is 0 Å². The predicted molar refractivity (Wildman–Crippen MR) is 141 cm³/mol. The fraction of sp³-hybridized carbons (Fsp3) is 0.344. The number of fused-ring (bicyclic) bond motifs is 2. The first-order valence-electron chi connectivity index (χ1n) is 13.2. The SMILES string of the molecule is O=C1C=CN2[C@H](COCc3ccccc3)[C@@H](OCc3ccccc3)[C@H](OCc3ccccc3)[C@H]2C12CC2. The van der Waals surface area contributed by atoms with E-state index in [4.69, 9.17) is 14.2 Å². The molecule has 0 bridgehead atoms. The van der Waals surface area contributed by atoms with Crippen LogP contribution < -0.4 is 0 Å². The topological polar surface area (TPSA) is 48.0 Å². The number of allylic oxidation sites excluding steroid dienone is 1. The Morgan fingerprint density at radius 2 is 1.22 bits per heavy atom. The number of ether oxygens (including phenoxy) is 3. The summed E-state index contributed by atoms with van der Waals surface area (Å²) in [5.74, 6) is 0.217. The Morgan fingerprint density at radius 3 is 1.76 bits per heavy atom. The third-order valence-electron chi connectivity index (χ3n) is 7.93. The predicted octanol–water partition coefficient (Wildman–Crippen LogP) is 5.30. The van der Waals surface area contributed by atoms with Crippen molar-refractivity contribution < 1.29 is 19.0 Å². The summed E-state index contributed by atoms with van der Waals surface area (Å²) in [5, 5.41) is 0. The van der Waals surface area contributed by atoms with Crippen LogP contribution in [0.15, 0.2) is 103 Å². The molecule has 5 heteroatoms. The highest BCUT2D eigenvalue weighted by atomic mass is 16.5. The number of hydrogen-bond acceptors (Lipinski definition) is 5. The van der Waals surface area contributed by atoms with Crippen molar-refractivity contribution in [3.63, 3.8) is 0 Å². The minimum Gasteiger partial charge on any atom is -0.375 e. The molecular formula is C32H33NO4. The minimum atomic E-state index is -0.376. The zero-order valence-electron chi connectivity index (χ0n) is 20.9. The molecule has 2 heterocycles. The Bertz CT molecular complexity index is 1210. The smallest absolute Gasteiger partial charge is 0.165 e. The van der Waals surface area contributed by atoms with E-state index in [-0.39, 0.29) is 35.5 Å². The Morgan fingerprint density at radius 1 is 0.703 bits per heavy atom. The van der Waals surface area contributed by atoms with Gasteiger partial charge in [-0.3, -0.25) is 4.79 Å². The number of rotatable bonds is 10. The van der Waals surface area contributed by atoms with Gasteiger partial charge >= 0.3 is 0 Å². The third-order valence-corrected chi connectivity index (χ3v) is 7.93. The first-order chi connectivity index (χ1) is 18.2. The maximum atomic E-state index is 13.1. The van der Waals surface area contributed by atoms with Crippen LogP contribution in [0, 0.1) is 5.41 Å². The maximum Gasteiger partial charge on any atom is 0.165 e. The average Bonchev–Trinajstić information content (AvgIpc) is 3.68. The Hall–Kier alpha value is -3.25. The molecule has 0 aromatic heterocycles. The number of ketones is 1. The van der Waals surface area contributed by atoms with E-state index in [1.165, 1.54) is 0 Å². The van der Waals surface area contributed by atoms with Gasteiger partial charge in [0.2, 0.25) is 0 Å². The lowest BCUT2D eigenvalue weighted by Gasteiger charge is -2.37. The summed E-state index contributed by atoms with van der Waals surface area (Å²) < 4.78 is 19.6. The van der Waals surface area contributed by atoms with Gasteiger partial charge in [0.1, 0.15) is 12.2 Å². The van der Waals surface area contributed by atoms with Crippen LogP contribution in [0.2, 0.25) is 0 Å². The van der Waals surface area contributed by atoms with Crippen molar-refractivity contribution in [3.05, 3.63) is 120 Å². The average molecular weight is 496 g/mol. The van der Waals surface area contributed by atoms with Crippen LogP contribution in [-0.2, 0) is 38.8 Å². The summed E-state index contributed by atoms with van der Waals surface area (Å²) in [5.41, 5.74) is 2.99. The first kappa shape index (κ1) is 24.1. The number of benzene rings is 3. The van der Waals surface area contributed by atoms with Crippen molar-refractivity contribution >= 4 is 5.78 Å². The van der Waals surface area contributed by atoms with Gasteiger partial charge in [0.15, 0.2) is 5.78 Å². The van der Waals surface area contributed by atoms with Crippen LogP contribution >= 0.6 is 0 Å². The molecule has 2 aliphatic heterocycles. The molecule has 6 rings (SSSR count). The molecule has 1 spiro atoms. The number of hydrogen-bond donors (Lipinski definition) is 0. The van der Waals surface area contributed by atoms with E-state index in [9.17, 15) is 4.79 Å². The second-order valence-corrected chi connectivity index (χ2v) is 10.3. The lowest BCUT2D eigenvalue weighted by molar-refractivity contribution is -0.127. The van der Waals surface area contributed by atoms with Crippen LogP contribution in [0.3, 0.4) is 0 Å². The molecule has 1 saturated heterocycles. The Balaban J connectivity index is 1.27. The van der Waals surface area contributed by atoms with Crippen LogP contribution in [0.4, 0.5) is 0 Å². The first-order valence-corrected chi connectivity index (χ1v) is 13.2. The van der Waals surface area contributed by atoms with Gasteiger partial charge in [0.05, 0.1) is 43.9 Å². The molecule has 1 saturated carbocycles. The minimum absolute atomic E-state index is 0.0555. The largest absolute Gasteiger partial charge is 0.375 e. The van der Waals surface area contributed by atoms with E-state index in [1.807, 2.05) is 60.8 Å². The maximum absolute atomic E-state index is 13.1. The number of nitrogens with zero attached hydrogens (tertiary/aromatic N) is 1. The molecular weight excluding hydrogens is 462 g/mol. The summed E-state index contributed by atoms with van der Waals surface area (Å²) in [6.45, 7) is 1.99. The third kappa shape index (κ3) is 4.99. The van der Waals surface area contributed by atoms with Crippen molar-refractivity contribution in [2.24, 2.45) is 5.41 Å². The van der Waals surface area contributed by atoms with Gasteiger partial charge in [0, 0.05) is 6.20 Å². The van der Waals surface area contributed by atoms with E-state index in [0.29, 0.717) is 26.4 Å². The van der Waals surface area contributed by atoms with Gasteiger partial charge in [-0.15, -0.1) is 0 Å². The van der Waals surface area contributed by atoms with E-state index in [1.54, 1.807) is 6.08 Å². The zero-order chi connectivity index (χ0) is 25.1. The van der Waals surface area contributed by atoms with E-state index in [0.717, 1.165) is 29.5 Å². The van der Waals surface area contributed by atoms with Crippen molar-refractivity contribution in [3.8, 4) is 0 Å². The number of carbonyl (C=O) groups excluding carboxylic acids is 1. The van der Waals surface area contributed by atoms with E-state index < -0.39 is 0 Å². The summed E-state index contributed by atoms with van der Waals surface area (Å²) >= 11 is 0. The van der Waals surface area contributed by atoms with Crippen molar-refractivity contribution in [1.82, 2.24) is 4.90 Å². The molecule has 5 nitrogen and oxygen atoms in total. The molecule has 37 heavy (non-hydrogen) atoms. The normalized spacial score (nSPS) is 25.4. The van der Waals surface area contributed by atoms with Crippen LogP contribution in [-0.4, -0.2) is 41.6 Å². The van der Waals surface area contributed by atoms with Crippen molar-refractivity contribution in [2.75, 3.05) is 6.61 Å². The van der Waals surface area contributed by atoms with Gasteiger partial charge in [-0.05, 0) is 35.6 Å². The number of carbonyl (C=O) groups is 1. The molecule has 0 radical (unpaired) electrons. The lowest BCUT2D eigenvalue weighted by Crippen LogP contribution is -2.49. The second kappa shape index (κ2) is 10.6. The van der Waals surface area contributed by atoms with Crippen LogP contribution in [0.5, 0.6) is 0 Å². The molecule has 0 amide bonds. The fourth-order valence-corrected chi connectivity index (χ4v) is 5.87. The highest BCUT2D eigenvalue weighted by Gasteiger charge is 2.66. The van der Waals surface area contributed by atoms with Gasteiger partial charge in [-0.1, -0.05) is 91.0 Å². The summed E-state index contributed by atoms with van der Waals surface area (Å²) in [6, 6.07) is 30.5. The Labute approximate surface area is 218 Å². The highest BCUT2D eigenvalue weighted by molar-refractivity contribution is 5.98. The molecule has 1 aliphatic carbocycles. The molecule has 3 aromatic rings. The van der Waals surface area contributed by atoms with Gasteiger partial charge in [-0.2, -0.15) is 0 Å². The lowest BCUT2D eigenvalue weighted by atomic mass is 9.85. The zero-order valence-corrected chi connectivity index (χ0v) is 20.9. The molecule has 190 valence electrons. The molecule has 3 aromatic carbocycles. The van der Waals surface area contributed by atoms with E-state index in [2.05, 4.69) is 41.3 Å². The van der Waals surface area contributed by atoms with E-state index >= 15 is 0 Å². The molecule has 0 N–H and O–H groups in total. The molecule has 2 fully saturated rings. The van der Waals surface area contributed by atoms with Crippen LogP contribution in [0.25, 0.3) is 0 Å². The van der Waals surface area contributed by atoms with Gasteiger partial charge < -0.3 is 19.1 Å². The van der Waals surface area contributed by atoms with Crippen LogP contribution in [0.1, 0.15) is 29.5 Å². The molecule has 0 unspecified atom stereocenters. The monoisotopic (exact) mass is 495 g/mol. The molecule has 4 atom stereocenters. The van der Waals surface area contributed by atoms with Gasteiger partial charge in [0.25, 0.3) is 0 Å². The Kier molecular flexibility index (Phi) is 6.92. The quantitative estimate of drug-likeness (QED) is 0.382. The van der Waals surface area contributed by atoms with Crippen molar-refractivity contribution in [2.45, 2.75) is 57.0 Å². The fourth-order valence-electron chi connectivity index (χ4n) is 5.87. The molecule has 3 aliphatic rings. The second-order valence-electron chi connectivity index (χ2n) is 10.3. The highest BCUT2D eigenvalue weighted by Crippen LogP contribution is 2.58. The summed E-state index contributed by atoms with van der Waals surface area (Å²) in [7, 11) is 0.